The Morgan fingerprint density at radius 1 is 1.38 bits per heavy atom. The van der Waals surface area contributed by atoms with Gasteiger partial charge in [-0.05, 0) is 25.1 Å². The van der Waals surface area contributed by atoms with Gasteiger partial charge in [0.05, 0.1) is 16.6 Å². The van der Waals surface area contributed by atoms with E-state index in [1.165, 1.54) is 13.0 Å². The van der Waals surface area contributed by atoms with Crippen molar-refractivity contribution in [2.24, 2.45) is 0 Å². The minimum atomic E-state index is -4.37. The van der Waals surface area contributed by atoms with E-state index in [0.717, 1.165) is 12.1 Å². The molecule has 16 heavy (non-hydrogen) atoms. The van der Waals surface area contributed by atoms with E-state index in [2.05, 4.69) is 9.97 Å². The zero-order valence-corrected chi connectivity index (χ0v) is 8.34. The average molecular weight is 230 g/mol. The number of H-pyrrole nitrogens is 1. The summed E-state index contributed by atoms with van der Waals surface area (Å²) in [5.41, 5.74) is -0.0598. The Hall–Kier alpha value is -1.56. The van der Waals surface area contributed by atoms with Crippen molar-refractivity contribution in [2.45, 2.75) is 19.2 Å². The molecule has 0 aliphatic rings. The summed E-state index contributed by atoms with van der Waals surface area (Å²) in [5.74, 6) is 0.259. The van der Waals surface area contributed by atoms with Crippen molar-refractivity contribution in [3.8, 4) is 0 Å². The molecule has 1 atom stereocenters. The van der Waals surface area contributed by atoms with Crippen LogP contribution in [0.15, 0.2) is 18.2 Å². The number of nitrogens with one attached hydrogen (secondary N) is 1. The lowest BCUT2D eigenvalue weighted by Gasteiger charge is -2.05. The number of aromatic nitrogens is 2. The molecule has 0 unspecified atom stereocenters. The van der Waals surface area contributed by atoms with Crippen LogP contribution in [-0.2, 0) is 6.18 Å². The minimum Gasteiger partial charge on any atom is -0.385 e. The van der Waals surface area contributed by atoms with Crippen LogP contribution in [0.5, 0.6) is 0 Å². The van der Waals surface area contributed by atoms with Gasteiger partial charge in [-0.3, -0.25) is 0 Å². The Balaban J connectivity index is 2.54. The molecule has 0 saturated carbocycles. The third-order valence-corrected chi connectivity index (χ3v) is 2.22. The molecule has 0 aliphatic heterocycles. The van der Waals surface area contributed by atoms with Gasteiger partial charge in [0.1, 0.15) is 11.9 Å². The molecule has 86 valence electrons. The molecule has 6 heteroatoms. The van der Waals surface area contributed by atoms with Crippen molar-refractivity contribution in [1.29, 1.82) is 0 Å². The number of rotatable bonds is 1. The second-order valence-electron chi connectivity index (χ2n) is 3.53. The molecule has 1 heterocycles. The molecule has 2 N–H and O–H groups in total. The first-order valence-corrected chi connectivity index (χ1v) is 4.63. The van der Waals surface area contributed by atoms with Crippen LogP contribution in [-0.4, -0.2) is 15.1 Å². The molecule has 0 spiro atoms. The number of aliphatic hydroxyl groups excluding tert-OH is 1. The van der Waals surface area contributed by atoms with E-state index >= 15 is 0 Å². The predicted octanol–water partition coefficient (Wildman–Crippen LogP) is 2.63. The summed E-state index contributed by atoms with van der Waals surface area (Å²) in [6.45, 7) is 1.49. The van der Waals surface area contributed by atoms with Crippen molar-refractivity contribution < 1.29 is 18.3 Å². The maximum absolute atomic E-state index is 12.4. The fourth-order valence-electron chi connectivity index (χ4n) is 1.40. The van der Waals surface area contributed by atoms with Crippen molar-refractivity contribution in [3.05, 3.63) is 29.6 Å². The van der Waals surface area contributed by atoms with Crippen LogP contribution in [0.3, 0.4) is 0 Å². The number of hydrogen-bond acceptors (Lipinski definition) is 2. The molecule has 0 saturated heterocycles. The Morgan fingerprint density at radius 2 is 2.06 bits per heavy atom. The van der Waals surface area contributed by atoms with E-state index in [-0.39, 0.29) is 11.3 Å². The summed E-state index contributed by atoms with van der Waals surface area (Å²) in [6, 6.07) is 3.23. The number of benzene rings is 1. The zero-order valence-electron chi connectivity index (χ0n) is 8.34. The molecule has 0 bridgehead atoms. The number of hydrogen-bond donors (Lipinski definition) is 2. The standard InChI is InChI=1S/C10H9F3N2O/c1-5(16)9-14-7-3-2-6(10(11,12)13)4-8(7)15-9/h2-5,16H,1H3,(H,14,15)/t5-/m0/s1. The number of aliphatic hydroxyl groups is 1. The lowest BCUT2D eigenvalue weighted by Crippen LogP contribution is -2.04. The van der Waals surface area contributed by atoms with Crippen molar-refractivity contribution in [3.63, 3.8) is 0 Å². The van der Waals surface area contributed by atoms with Gasteiger partial charge in [-0.1, -0.05) is 0 Å². The van der Waals surface area contributed by atoms with Crippen LogP contribution < -0.4 is 0 Å². The first-order chi connectivity index (χ1) is 7.38. The number of fused-ring (bicyclic) bond motifs is 1. The lowest BCUT2D eigenvalue weighted by atomic mass is 10.2. The molecular formula is C10H9F3N2O. The van der Waals surface area contributed by atoms with Gasteiger partial charge >= 0.3 is 6.18 Å². The fraction of sp³-hybridized carbons (Fsp3) is 0.300. The van der Waals surface area contributed by atoms with Gasteiger partial charge in [0.25, 0.3) is 0 Å². The van der Waals surface area contributed by atoms with Crippen LogP contribution in [0.2, 0.25) is 0 Å². The number of aromatic amines is 1. The Morgan fingerprint density at radius 3 is 2.62 bits per heavy atom. The normalized spacial score (nSPS) is 14.3. The average Bonchev–Trinajstić information content (AvgIpc) is 2.58. The van der Waals surface area contributed by atoms with E-state index in [1.807, 2.05) is 0 Å². The maximum Gasteiger partial charge on any atom is 0.416 e. The highest BCUT2D eigenvalue weighted by Gasteiger charge is 2.30. The van der Waals surface area contributed by atoms with Crippen LogP contribution in [0, 0.1) is 0 Å². The SMILES string of the molecule is C[C@H](O)c1nc2ccc(C(F)(F)F)cc2[nH]1. The predicted molar refractivity (Wildman–Crippen MR) is 51.7 cm³/mol. The summed E-state index contributed by atoms with van der Waals surface area (Å²) in [5, 5.41) is 9.24. The lowest BCUT2D eigenvalue weighted by molar-refractivity contribution is -0.137. The van der Waals surface area contributed by atoms with Gasteiger partial charge in [0.2, 0.25) is 0 Å². The first-order valence-electron chi connectivity index (χ1n) is 4.63. The monoisotopic (exact) mass is 230 g/mol. The topological polar surface area (TPSA) is 48.9 Å². The molecular weight excluding hydrogens is 221 g/mol. The van der Waals surface area contributed by atoms with Crippen LogP contribution in [0.4, 0.5) is 13.2 Å². The molecule has 0 radical (unpaired) electrons. The van der Waals surface area contributed by atoms with Gasteiger partial charge in [-0.15, -0.1) is 0 Å². The Labute approximate surface area is 88.9 Å². The highest BCUT2D eigenvalue weighted by Crippen LogP contribution is 2.31. The molecule has 0 fully saturated rings. The smallest absolute Gasteiger partial charge is 0.385 e. The first kappa shape index (κ1) is 10.9. The third kappa shape index (κ3) is 1.88. The third-order valence-electron chi connectivity index (χ3n) is 2.22. The molecule has 2 aromatic rings. The summed E-state index contributed by atoms with van der Waals surface area (Å²) in [4.78, 5) is 6.61. The quantitative estimate of drug-likeness (QED) is 0.791. The fourth-order valence-corrected chi connectivity index (χ4v) is 1.40. The summed E-state index contributed by atoms with van der Waals surface area (Å²) in [6.07, 6.45) is -5.20. The summed E-state index contributed by atoms with van der Waals surface area (Å²) >= 11 is 0. The largest absolute Gasteiger partial charge is 0.416 e. The molecule has 0 aliphatic carbocycles. The number of alkyl halides is 3. The number of halogens is 3. The number of nitrogens with zero attached hydrogens (tertiary/aromatic N) is 1. The van der Waals surface area contributed by atoms with Crippen LogP contribution in [0.25, 0.3) is 11.0 Å². The van der Waals surface area contributed by atoms with E-state index in [9.17, 15) is 18.3 Å². The second-order valence-corrected chi connectivity index (χ2v) is 3.53. The summed E-state index contributed by atoms with van der Waals surface area (Å²) in [7, 11) is 0. The second kappa shape index (κ2) is 3.48. The van der Waals surface area contributed by atoms with Crippen LogP contribution >= 0.6 is 0 Å². The molecule has 2 rings (SSSR count). The van der Waals surface area contributed by atoms with E-state index < -0.39 is 17.8 Å². The van der Waals surface area contributed by atoms with Crippen molar-refractivity contribution in [1.82, 2.24) is 9.97 Å². The van der Waals surface area contributed by atoms with Crippen molar-refractivity contribution >= 4 is 11.0 Å². The summed E-state index contributed by atoms with van der Waals surface area (Å²) < 4.78 is 37.2. The number of imidazole rings is 1. The molecule has 1 aromatic heterocycles. The van der Waals surface area contributed by atoms with E-state index in [1.54, 1.807) is 0 Å². The molecule has 3 nitrogen and oxygen atoms in total. The van der Waals surface area contributed by atoms with Gasteiger partial charge in [-0.25, -0.2) is 4.98 Å². The zero-order chi connectivity index (χ0) is 11.9. The van der Waals surface area contributed by atoms with E-state index in [0.29, 0.717) is 5.52 Å². The molecule has 1 aromatic carbocycles. The van der Waals surface area contributed by atoms with Crippen molar-refractivity contribution in [2.75, 3.05) is 0 Å². The minimum absolute atomic E-state index is 0.259. The molecule has 0 amide bonds. The van der Waals surface area contributed by atoms with Gasteiger partial charge in [-0.2, -0.15) is 13.2 Å². The maximum atomic E-state index is 12.4. The van der Waals surface area contributed by atoms with Gasteiger partial charge in [0.15, 0.2) is 0 Å². The highest BCUT2D eigenvalue weighted by molar-refractivity contribution is 5.76. The van der Waals surface area contributed by atoms with Crippen LogP contribution in [0.1, 0.15) is 24.4 Å². The Kier molecular flexibility index (Phi) is 2.38. The van der Waals surface area contributed by atoms with E-state index in [4.69, 9.17) is 0 Å². The van der Waals surface area contributed by atoms with Gasteiger partial charge in [0, 0.05) is 0 Å². The Bertz CT molecular complexity index is 516. The highest BCUT2D eigenvalue weighted by atomic mass is 19.4. The van der Waals surface area contributed by atoms with Gasteiger partial charge < -0.3 is 10.1 Å².